The van der Waals surface area contributed by atoms with Crippen LogP contribution in [0.15, 0.2) is 72.9 Å². The normalized spacial score (nSPS) is 10.5. The Morgan fingerprint density at radius 2 is 1.44 bits per heavy atom. The van der Waals surface area contributed by atoms with E-state index in [2.05, 4.69) is 35.7 Å². The van der Waals surface area contributed by atoms with Crippen molar-refractivity contribution in [1.29, 1.82) is 0 Å². The first-order valence-electron chi connectivity index (χ1n) is 5.46. The lowest BCUT2D eigenvalue weighted by Crippen LogP contribution is -1.87. The largest absolute Gasteiger partial charge is 0.362 e. The van der Waals surface area contributed by atoms with E-state index >= 15 is 0 Å². The van der Waals surface area contributed by atoms with Crippen LogP contribution in [0.2, 0.25) is 0 Å². The van der Waals surface area contributed by atoms with Gasteiger partial charge in [0.05, 0.1) is 0 Å². The molecule has 0 fully saturated rings. The van der Waals surface area contributed by atoms with E-state index in [1.807, 2.05) is 42.6 Å². The van der Waals surface area contributed by atoms with Gasteiger partial charge in [-0.05, 0) is 30.3 Å². The number of allylic oxidation sites excluding steroid dienone is 1. The van der Waals surface area contributed by atoms with Gasteiger partial charge in [-0.3, -0.25) is 0 Å². The zero-order valence-electron chi connectivity index (χ0n) is 9.14. The zero-order chi connectivity index (χ0) is 11.1. The summed E-state index contributed by atoms with van der Waals surface area (Å²) in [4.78, 5) is 0. The highest BCUT2D eigenvalue weighted by atomic mass is 14.8. The van der Waals surface area contributed by atoms with E-state index in [9.17, 15) is 0 Å². The van der Waals surface area contributed by atoms with Gasteiger partial charge in [-0.25, -0.2) is 0 Å². The monoisotopic (exact) mass is 209 g/mol. The Labute approximate surface area is 96.4 Å². The van der Waals surface area contributed by atoms with Crippen LogP contribution in [0.25, 0.3) is 0 Å². The van der Waals surface area contributed by atoms with E-state index in [-0.39, 0.29) is 0 Å². The maximum absolute atomic E-state index is 3.23. The summed E-state index contributed by atoms with van der Waals surface area (Å²) in [5.41, 5.74) is 2.44. The molecule has 1 nitrogen and oxygen atoms in total. The number of para-hydroxylation sites is 1. The summed E-state index contributed by atoms with van der Waals surface area (Å²) in [6.07, 6.45) is 5.07. The molecule has 0 heterocycles. The Morgan fingerprint density at radius 1 is 0.812 bits per heavy atom. The fourth-order valence-electron chi connectivity index (χ4n) is 1.50. The molecule has 1 heteroatoms. The highest BCUT2D eigenvalue weighted by molar-refractivity contribution is 5.44. The molecule has 0 spiro atoms. The van der Waals surface area contributed by atoms with E-state index < -0.39 is 0 Å². The summed E-state index contributed by atoms with van der Waals surface area (Å²) in [6, 6.07) is 20.6. The first-order valence-corrected chi connectivity index (χ1v) is 5.46. The van der Waals surface area contributed by atoms with Crippen LogP contribution in [0.5, 0.6) is 0 Å². The van der Waals surface area contributed by atoms with Crippen LogP contribution in [-0.4, -0.2) is 0 Å². The predicted molar refractivity (Wildman–Crippen MR) is 69.4 cm³/mol. The standard InChI is InChI=1S/C15H15N/c1-3-8-14(9-4-1)10-7-13-16-15-11-5-2-6-12-15/h1-9,11-13,16H,10H2/b13-7+. The summed E-state index contributed by atoms with van der Waals surface area (Å²) in [7, 11) is 0. The summed E-state index contributed by atoms with van der Waals surface area (Å²) < 4.78 is 0. The van der Waals surface area contributed by atoms with Crippen LogP contribution < -0.4 is 5.32 Å². The van der Waals surface area contributed by atoms with Crippen molar-refractivity contribution in [2.24, 2.45) is 0 Å². The molecule has 2 aromatic carbocycles. The molecule has 80 valence electrons. The molecule has 0 saturated heterocycles. The van der Waals surface area contributed by atoms with Crippen molar-refractivity contribution in [3.63, 3.8) is 0 Å². The maximum Gasteiger partial charge on any atom is 0.0379 e. The van der Waals surface area contributed by atoms with E-state index in [0.29, 0.717) is 0 Å². The van der Waals surface area contributed by atoms with Gasteiger partial charge < -0.3 is 5.32 Å². The van der Waals surface area contributed by atoms with Crippen molar-refractivity contribution >= 4 is 5.69 Å². The Kier molecular flexibility index (Phi) is 3.78. The second-order valence-corrected chi connectivity index (χ2v) is 3.60. The number of benzene rings is 2. The number of hydrogen-bond acceptors (Lipinski definition) is 1. The lowest BCUT2D eigenvalue weighted by Gasteiger charge is -1.99. The van der Waals surface area contributed by atoms with Crippen LogP contribution in [0.1, 0.15) is 5.56 Å². The molecular formula is C15H15N. The molecule has 0 saturated carbocycles. The predicted octanol–water partition coefficient (Wildman–Crippen LogP) is 3.85. The Bertz CT molecular complexity index is 388. The number of anilines is 1. The second kappa shape index (κ2) is 5.76. The molecule has 2 aromatic rings. The van der Waals surface area contributed by atoms with Crippen molar-refractivity contribution < 1.29 is 0 Å². The summed E-state index contributed by atoms with van der Waals surface area (Å²) in [6.45, 7) is 0. The minimum absolute atomic E-state index is 0.959. The molecule has 0 amide bonds. The number of rotatable bonds is 4. The molecule has 0 unspecified atom stereocenters. The third kappa shape index (κ3) is 3.28. The molecule has 16 heavy (non-hydrogen) atoms. The van der Waals surface area contributed by atoms with Crippen molar-refractivity contribution in [2.45, 2.75) is 6.42 Å². The molecule has 0 bridgehead atoms. The van der Waals surface area contributed by atoms with Gasteiger partial charge in [0.2, 0.25) is 0 Å². The van der Waals surface area contributed by atoms with E-state index in [0.717, 1.165) is 12.1 Å². The highest BCUT2D eigenvalue weighted by Crippen LogP contribution is 2.05. The molecule has 0 atom stereocenters. The SMILES string of the molecule is C(=C\Nc1ccccc1)/Cc1ccccc1. The fourth-order valence-corrected chi connectivity index (χ4v) is 1.50. The summed E-state index contributed by atoms with van der Waals surface area (Å²) in [5, 5.41) is 3.23. The van der Waals surface area contributed by atoms with Gasteiger partial charge in [-0.2, -0.15) is 0 Å². The third-order valence-corrected chi connectivity index (χ3v) is 2.34. The first kappa shape index (κ1) is 10.5. The van der Waals surface area contributed by atoms with Crippen molar-refractivity contribution in [3.05, 3.63) is 78.5 Å². The average Bonchev–Trinajstić information content (AvgIpc) is 2.37. The zero-order valence-corrected chi connectivity index (χ0v) is 9.14. The second-order valence-electron chi connectivity index (χ2n) is 3.60. The third-order valence-electron chi connectivity index (χ3n) is 2.34. The van der Waals surface area contributed by atoms with Crippen LogP contribution in [0, 0.1) is 0 Å². The molecule has 0 aliphatic heterocycles. The van der Waals surface area contributed by atoms with Crippen molar-refractivity contribution in [1.82, 2.24) is 0 Å². The van der Waals surface area contributed by atoms with Crippen molar-refractivity contribution in [2.75, 3.05) is 5.32 Å². The first-order chi connectivity index (χ1) is 7.95. The van der Waals surface area contributed by atoms with Crippen LogP contribution in [-0.2, 0) is 6.42 Å². The molecule has 0 aliphatic carbocycles. The van der Waals surface area contributed by atoms with Gasteiger partial charge in [0.1, 0.15) is 0 Å². The Morgan fingerprint density at radius 3 is 2.12 bits per heavy atom. The highest BCUT2D eigenvalue weighted by Gasteiger charge is 1.86. The fraction of sp³-hybridized carbons (Fsp3) is 0.0667. The number of nitrogens with one attached hydrogen (secondary N) is 1. The summed E-state index contributed by atoms with van der Waals surface area (Å²) >= 11 is 0. The lowest BCUT2D eigenvalue weighted by atomic mass is 10.1. The number of hydrogen-bond donors (Lipinski definition) is 1. The van der Waals surface area contributed by atoms with Crippen LogP contribution in [0.3, 0.4) is 0 Å². The van der Waals surface area contributed by atoms with Crippen molar-refractivity contribution in [3.8, 4) is 0 Å². The smallest absolute Gasteiger partial charge is 0.0379 e. The molecule has 1 N–H and O–H groups in total. The Balaban J connectivity index is 1.83. The molecular weight excluding hydrogens is 194 g/mol. The van der Waals surface area contributed by atoms with Gasteiger partial charge in [0, 0.05) is 5.69 Å². The van der Waals surface area contributed by atoms with E-state index in [1.165, 1.54) is 5.56 Å². The minimum Gasteiger partial charge on any atom is -0.362 e. The summed E-state index contributed by atoms with van der Waals surface area (Å²) in [5.74, 6) is 0. The molecule has 0 radical (unpaired) electrons. The minimum atomic E-state index is 0.959. The lowest BCUT2D eigenvalue weighted by molar-refractivity contribution is 1.26. The van der Waals surface area contributed by atoms with E-state index in [4.69, 9.17) is 0 Å². The van der Waals surface area contributed by atoms with Gasteiger partial charge in [0.15, 0.2) is 0 Å². The topological polar surface area (TPSA) is 12.0 Å². The molecule has 0 aromatic heterocycles. The van der Waals surface area contributed by atoms with Crippen LogP contribution in [0.4, 0.5) is 5.69 Å². The van der Waals surface area contributed by atoms with E-state index in [1.54, 1.807) is 0 Å². The molecule has 0 aliphatic rings. The maximum atomic E-state index is 3.23. The average molecular weight is 209 g/mol. The molecule has 2 rings (SSSR count). The quantitative estimate of drug-likeness (QED) is 0.806. The van der Waals surface area contributed by atoms with Gasteiger partial charge in [-0.15, -0.1) is 0 Å². The Hall–Kier alpha value is -2.02. The van der Waals surface area contributed by atoms with Gasteiger partial charge in [-0.1, -0.05) is 54.6 Å². The van der Waals surface area contributed by atoms with Crippen LogP contribution >= 0.6 is 0 Å². The van der Waals surface area contributed by atoms with Gasteiger partial charge in [0.25, 0.3) is 0 Å². The van der Waals surface area contributed by atoms with Gasteiger partial charge >= 0.3 is 0 Å².